The summed E-state index contributed by atoms with van der Waals surface area (Å²) in [7, 11) is 0. The van der Waals surface area contributed by atoms with E-state index in [-0.39, 0.29) is 0 Å². The minimum atomic E-state index is -4.38. The molecule has 174 valence electrons. The Balaban J connectivity index is 1.22. The van der Waals surface area contributed by atoms with Crippen molar-refractivity contribution in [2.45, 2.75) is 13.1 Å². The minimum absolute atomic E-state index is 0.454. The quantitative estimate of drug-likeness (QED) is 0.426. The molecule has 0 amide bonds. The van der Waals surface area contributed by atoms with Crippen molar-refractivity contribution in [1.29, 1.82) is 0 Å². The van der Waals surface area contributed by atoms with Crippen LogP contribution in [0.2, 0.25) is 0 Å². The zero-order valence-electron chi connectivity index (χ0n) is 18.3. The second-order valence-electron chi connectivity index (χ2n) is 8.07. The maximum Gasteiger partial charge on any atom is 0.417 e. The summed E-state index contributed by atoms with van der Waals surface area (Å²) in [6.07, 6.45) is -1.79. The predicted molar refractivity (Wildman–Crippen MR) is 121 cm³/mol. The highest BCUT2D eigenvalue weighted by Gasteiger charge is 2.31. The molecule has 5 rings (SSSR count). The molecule has 0 radical (unpaired) electrons. The number of aromatic nitrogens is 4. The summed E-state index contributed by atoms with van der Waals surface area (Å²) in [4.78, 5) is 17.1. The number of aryl methyl sites for hydroxylation is 1. The molecular formula is C24H21F3N6O. The van der Waals surface area contributed by atoms with Gasteiger partial charge in [-0.2, -0.15) is 18.2 Å². The van der Waals surface area contributed by atoms with Gasteiger partial charge in [-0.25, -0.2) is 9.97 Å². The molecule has 1 fully saturated rings. The van der Waals surface area contributed by atoms with Crippen LogP contribution in [-0.4, -0.2) is 46.3 Å². The molecule has 0 unspecified atom stereocenters. The highest BCUT2D eigenvalue weighted by atomic mass is 19.4. The van der Waals surface area contributed by atoms with Gasteiger partial charge in [0.1, 0.15) is 11.6 Å². The van der Waals surface area contributed by atoms with Crippen LogP contribution in [0.15, 0.2) is 65.4 Å². The van der Waals surface area contributed by atoms with E-state index in [1.54, 1.807) is 6.20 Å². The van der Waals surface area contributed by atoms with Crippen molar-refractivity contribution in [3.05, 3.63) is 72.1 Å². The van der Waals surface area contributed by atoms with E-state index in [2.05, 4.69) is 25.0 Å². The van der Waals surface area contributed by atoms with Gasteiger partial charge in [-0.15, -0.1) is 0 Å². The SMILES string of the molecule is Cc1cccc(-c2nc(-c3ccc(N4CCN(c5ccc(C(F)(F)F)cn5)CC4)nc3)no2)c1. The topological polar surface area (TPSA) is 71.2 Å². The summed E-state index contributed by atoms with van der Waals surface area (Å²) in [5.41, 5.74) is 1.98. The summed E-state index contributed by atoms with van der Waals surface area (Å²) in [5.74, 6) is 2.27. The Kier molecular flexibility index (Phi) is 5.64. The highest BCUT2D eigenvalue weighted by molar-refractivity contribution is 5.61. The molecule has 4 heterocycles. The van der Waals surface area contributed by atoms with E-state index < -0.39 is 11.7 Å². The smallest absolute Gasteiger partial charge is 0.353 e. The molecule has 1 aromatic carbocycles. The van der Waals surface area contributed by atoms with Crippen molar-refractivity contribution in [2.24, 2.45) is 0 Å². The van der Waals surface area contributed by atoms with Gasteiger partial charge in [0.2, 0.25) is 5.82 Å². The molecule has 0 aliphatic carbocycles. The molecule has 0 bridgehead atoms. The lowest BCUT2D eigenvalue weighted by molar-refractivity contribution is -0.137. The Hall–Kier alpha value is -3.95. The van der Waals surface area contributed by atoms with Crippen LogP contribution in [0.1, 0.15) is 11.1 Å². The van der Waals surface area contributed by atoms with Crippen molar-refractivity contribution in [1.82, 2.24) is 20.1 Å². The summed E-state index contributed by atoms with van der Waals surface area (Å²) in [6, 6.07) is 14.1. The summed E-state index contributed by atoms with van der Waals surface area (Å²) in [6.45, 7) is 4.62. The fourth-order valence-corrected chi connectivity index (χ4v) is 3.85. The van der Waals surface area contributed by atoms with Gasteiger partial charge in [0, 0.05) is 49.7 Å². The molecule has 4 aromatic rings. The van der Waals surface area contributed by atoms with Crippen LogP contribution >= 0.6 is 0 Å². The lowest BCUT2D eigenvalue weighted by Crippen LogP contribution is -2.47. The summed E-state index contributed by atoms with van der Waals surface area (Å²) < 4.78 is 43.7. The van der Waals surface area contributed by atoms with Gasteiger partial charge in [0.25, 0.3) is 5.89 Å². The van der Waals surface area contributed by atoms with Gasteiger partial charge in [-0.05, 0) is 43.3 Å². The van der Waals surface area contributed by atoms with Crippen molar-refractivity contribution in [3.8, 4) is 22.8 Å². The van der Waals surface area contributed by atoms with Crippen LogP contribution in [0.25, 0.3) is 22.8 Å². The van der Waals surface area contributed by atoms with Crippen LogP contribution in [0, 0.1) is 6.92 Å². The zero-order chi connectivity index (χ0) is 23.7. The first-order valence-electron chi connectivity index (χ1n) is 10.8. The predicted octanol–water partition coefficient (Wildman–Crippen LogP) is 4.85. The van der Waals surface area contributed by atoms with Crippen LogP contribution < -0.4 is 9.80 Å². The first kappa shape index (κ1) is 21.9. The van der Waals surface area contributed by atoms with Gasteiger partial charge >= 0.3 is 6.18 Å². The number of piperazine rings is 1. The Labute approximate surface area is 193 Å². The normalized spacial score (nSPS) is 14.5. The maximum absolute atomic E-state index is 12.8. The summed E-state index contributed by atoms with van der Waals surface area (Å²) in [5, 5.41) is 4.08. The van der Waals surface area contributed by atoms with Gasteiger partial charge in [-0.3, -0.25) is 0 Å². The molecule has 34 heavy (non-hydrogen) atoms. The Morgan fingerprint density at radius 3 is 2.06 bits per heavy atom. The van der Waals surface area contributed by atoms with Gasteiger partial charge in [-0.1, -0.05) is 22.9 Å². The van der Waals surface area contributed by atoms with Gasteiger partial charge < -0.3 is 14.3 Å². The molecule has 1 aliphatic heterocycles. The number of anilines is 2. The van der Waals surface area contributed by atoms with Crippen LogP contribution in [0.4, 0.5) is 24.8 Å². The van der Waals surface area contributed by atoms with E-state index in [0.29, 0.717) is 43.7 Å². The van der Waals surface area contributed by atoms with E-state index in [0.717, 1.165) is 34.8 Å². The highest BCUT2D eigenvalue weighted by Crippen LogP contribution is 2.30. The summed E-state index contributed by atoms with van der Waals surface area (Å²) >= 11 is 0. The third-order valence-electron chi connectivity index (χ3n) is 5.70. The van der Waals surface area contributed by atoms with Crippen molar-refractivity contribution >= 4 is 11.6 Å². The first-order valence-corrected chi connectivity index (χ1v) is 10.8. The molecular weight excluding hydrogens is 445 g/mol. The fourth-order valence-electron chi connectivity index (χ4n) is 3.85. The molecule has 0 N–H and O–H groups in total. The molecule has 0 spiro atoms. The number of benzene rings is 1. The van der Waals surface area contributed by atoms with Crippen molar-refractivity contribution in [2.75, 3.05) is 36.0 Å². The third-order valence-corrected chi connectivity index (χ3v) is 5.70. The van der Waals surface area contributed by atoms with E-state index in [9.17, 15) is 13.2 Å². The minimum Gasteiger partial charge on any atom is -0.353 e. The lowest BCUT2D eigenvalue weighted by atomic mass is 10.1. The number of halogens is 3. The third kappa shape index (κ3) is 4.57. The second kappa shape index (κ2) is 8.77. The van der Waals surface area contributed by atoms with Crippen molar-refractivity contribution in [3.63, 3.8) is 0 Å². The van der Waals surface area contributed by atoms with Crippen LogP contribution in [0.5, 0.6) is 0 Å². The average molecular weight is 466 g/mol. The molecule has 1 aliphatic rings. The lowest BCUT2D eigenvalue weighted by Gasteiger charge is -2.36. The number of rotatable bonds is 4. The molecule has 0 saturated carbocycles. The Bertz CT molecular complexity index is 1260. The maximum atomic E-state index is 12.8. The number of hydrogen-bond donors (Lipinski definition) is 0. The van der Waals surface area contributed by atoms with E-state index in [4.69, 9.17) is 4.52 Å². The molecule has 7 nitrogen and oxygen atoms in total. The molecule has 3 aromatic heterocycles. The Morgan fingerprint density at radius 1 is 0.824 bits per heavy atom. The fraction of sp³-hybridized carbons (Fsp3) is 0.250. The van der Waals surface area contributed by atoms with E-state index >= 15 is 0 Å². The zero-order valence-corrected chi connectivity index (χ0v) is 18.3. The Morgan fingerprint density at radius 2 is 1.50 bits per heavy atom. The van der Waals surface area contributed by atoms with Gasteiger partial charge in [0.15, 0.2) is 0 Å². The van der Waals surface area contributed by atoms with Crippen LogP contribution in [-0.2, 0) is 6.18 Å². The first-order chi connectivity index (χ1) is 16.4. The van der Waals surface area contributed by atoms with E-state index in [1.165, 1.54) is 6.07 Å². The van der Waals surface area contributed by atoms with Crippen LogP contribution in [0.3, 0.4) is 0 Å². The monoisotopic (exact) mass is 466 g/mol. The number of alkyl halides is 3. The van der Waals surface area contributed by atoms with Crippen molar-refractivity contribution < 1.29 is 17.7 Å². The number of hydrogen-bond acceptors (Lipinski definition) is 7. The number of pyridine rings is 2. The average Bonchev–Trinajstić information content (AvgIpc) is 3.34. The van der Waals surface area contributed by atoms with Gasteiger partial charge in [0.05, 0.1) is 5.56 Å². The second-order valence-corrected chi connectivity index (χ2v) is 8.07. The molecule has 0 atom stereocenters. The number of nitrogens with zero attached hydrogens (tertiary/aromatic N) is 6. The van der Waals surface area contributed by atoms with E-state index in [1.807, 2.05) is 48.2 Å². The standard InChI is InChI=1S/C24H21F3N6O/c1-16-3-2-4-17(13-16)23-30-22(31-34-23)18-5-7-20(28-14-18)32-9-11-33(12-10-32)21-8-6-19(15-29-21)24(25,26)27/h2-8,13-15H,9-12H2,1H3. The molecule has 1 saturated heterocycles. The largest absolute Gasteiger partial charge is 0.417 e. The molecule has 10 heteroatoms.